The van der Waals surface area contributed by atoms with Gasteiger partial charge in [0.2, 0.25) is 11.7 Å². The summed E-state index contributed by atoms with van der Waals surface area (Å²) in [4.78, 5) is 4.46. The molecule has 1 fully saturated rings. The molecule has 1 aliphatic heterocycles. The number of halogens is 1. The highest BCUT2D eigenvalue weighted by Crippen LogP contribution is 2.28. The minimum Gasteiger partial charge on any atom is -0.339 e. The van der Waals surface area contributed by atoms with Crippen LogP contribution in [-0.2, 0) is 0 Å². The Bertz CT molecular complexity index is 535. The predicted octanol–water partition coefficient (Wildman–Crippen LogP) is 2.86. The number of aromatic nitrogens is 2. The molecule has 0 bridgehead atoms. The highest BCUT2D eigenvalue weighted by Gasteiger charge is 2.22. The maximum atomic E-state index is 6.12. The van der Waals surface area contributed by atoms with Crippen LogP contribution in [0.4, 0.5) is 0 Å². The number of piperidine rings is 1. The molecule has 1 N–H and O–H groups in total. The van der Waals surface area contributed by atoms with E-state index in [2.05, 4.69) is 15.5 Å². The smallest absolute Gasteiger partial charge is 0.231 e. The van der Waals surface area contributed by atoms with Crippen LogP contribution in [0.5, 0.6) is 0 Å². The lowest BCUT2D eigenvalue weighted by Gasteiger charge is -2.18. The lowest BCUT2D eigenvalue weighted by atomic mass is 10.00. The van der Waals surface area contributed by atoms with Crippen molar-refractivity contribution in [3.05, 3.63) is 35.2 Å². The van der Waals surface area contributed by atoms with Crippen molar-refractivity contribution in [3.63, 3.8) is 0 Å². The van der Waals surface area contributed by atoms with Gasteiger partial charge in [0.05, 0.1) is 10.9 Å². The third-order valence-electron chi connectivity index (χ3n) is 3.20. The van der Waals surface area contributed by atoms with E-state index in [9.17, 15) is 0 Å². The molecule has 1 aromatic heterocycles. The summed E-state index contributed by atoms with van der Waals surface area (Å²) >= 11 is 6.12. The van der Waals surface area contributed by atoms with E-state index >= 15 is 0 Å². The van der Waals surface area contributed by atoms with E-state index in [0.717, 1.165) is 31.5 Å². The molecule has 2 heterocycles. The zero-order chi connectivity index (χ0) is 12.4. The van der Waals surface area contributed by atoms with Gasteiger partial charge >= 0.3 is 0 Å². The maximum absolute atomic E-state index is 6.12. The quantitative estimate of drug-likeness (QED) is 0.905. The molecule has 1 saturated heterocycles. The van der Waals surface area contributed by atoms with Gasteiger partial charge in [0.25, 0.3) is 0 Å². The topological polar surface area (TPSA) is 51.0 Å². The maximum Gasteiger partial charge on any atom is 0.231 e. The minimum atomic E-state index is 0.322. The summed E-state index contributed by atoms with van der Waals surface area (Å²) in [5.41, 5.74) is 0.818. The third kappa shape index (κ3) is 2.26. The van der Waals surface area contributed by atoms with Crippen molar-refractivity contribution in [1.29, 1.82) is 0 Å². The second kappa shape index (κ2) is 5.08. The molecule has 1 aromatic carbocycles. The molecule has 18 heavy (non-hydrogen) atoms. The zero-order valence-electron chi connectivity index (χ0n) is 9.90. The van der Waals surface area contributed by atoms with E-state index in [-0.39, 0.29) is 0 Å². The van der Waals surface area contributed by atoms with E-state index in [1.54, 1.807) is 0 Å². The van der Waals surface area contributed by atoms with Gasteiger partial charge in [-0.05, 0) is 31.5 Å². The summed E-state index contributed by atoms with van der Waals surface area (Å²) in [6.07, 6.45) is 2.24. The van der Waals surface area contributed by atoms with Crippen LogP contribution in [0.15, 0.2) is 28.8 Å². The van der Waals surface area contributed by atoms with Crippen molar-refractivity contribution in [2.45, 2.75) is 18.8 Å². The number of nitrogens with zero attached hydrogens (tertiary/aromatic N) is 2. The second-order valence-electron chi connectivity index (χ2n) is 4.48. The standard InChI is InChI=1S/C13H14ClN3O/c14-11-6-2-1-5-10(11)12-16-13(18-17-12)9-4-3-7-15-8-9/h1-2,5-6,9,15H,3-4,7-8H2. The fourth-order valence-electron chi connectivity index (χ4n) is 2.22. The second-order valence-corrected chi connectivity index (χ2v) is 4.89. The van der Waals surface area contributed by atoms with Gasteiger partial charge in [0.1, 0.15) is 0 Å². The van der Waals surface area contributed by atoms with Crippen molar-refractivity contribution in [1.82, 2.24) is 15.5 Å². The van der Waals surface area contributed by atoms with E-state index in [0.29, 0.717) is 22.7 Å². The van der Waals surface area contributed by atoms with Gasteiger partial charge in [-0.2, -0.15) is 4.98 Å². The molecule has 1 atom stereocenters. The molecule has 0 saturated carbocycles. The largest absolute Gasteiger partial charge is 0.339 e. The van der Waals surface area contributed by atoms with Gasteiger partial charge in [-0.3, -0.25) is 0 Å². The van der Waals surface area contributed by atoms with Crippen molar-refractivity contribution in [2.75, 3.05) is 13.1 Å². The van der Waals surface area contributed by atoms with E-state index in [4.69, 9.17) is 16.1 Å². The third-order valence-corrected chi connectivity index (χ3v) is 3.53. The molecule has 0 spiro atoms. The van der Waals surface area contributed by atoms with Crippen molar-refractivity contribution in [2.24, 2.45) is 0 Å². The van der Waals surface area contributed by atoms with Crippen LogP contribution in [-0.4, -0.2) is 23.2 Å². The summed E-state index contributed by atoms with van der Waals surface area (Å²) in [6.45, 7) is 1.98. The summed E-state index contributed by atoms with van der Waals surface area (Å²) in [6, 6.07) is 7.53. The molecule has 2 aromatic rings. The first-order valence-electron chi connectivity index (χ1n) is 6.14. The van der Waals surface area contributed by atoms with Gasteiger partial charge < -0.3 is 9.84 Å². The fourth-order valence-corrected chi connectivity index (χ4v) is 2.44. The van der Waals surface area contributed by atoms with Crippen LogP contribution in [0.2, 0.25) is 5.02 Å². The zero-order valence-corrected chi connectivity index (χ0v) is 10.7. The molecule has 0 aliphatic carbocycles. The van der Waals surface area contributed by atoms with Gasteiger partial charge in [-0.1, -0.05) is 28.9 Å². The molecule has 4 nitrogen and oxygen atoms in total. The summed E-state index contributed by atoms with van der Waals surface area (Å²) in [7, 11) is 0. The summed E-state index contributed by atoms with van der Waals surface area (Å²) < 4.78 is 5.35. The first-order valence-corrected chi connectivity index (χ1v) is 6.51. The van der Waals surface area contributed by atoms with Crippen LogP contribution in [0.1, 0.15) is 24.7 Å². The van der Waals surface area contributed by atoms with Crippen molar-refractivity contribution in [3.8, 4) is 11.4 Å². The van der Waals surface area contributed by atoms with E-state index in [1.807, 2.05) is 24.3 Å². The molecule has 0 amide bonds. The van der Waals surface area contributed by atoms with Gasteiger partial charge in [-0.25, -0.2) is 0 Å². The fraction of sp³-hybridized carbons (Fsp3) is 0.385. The van der Waals surface area contributed by atoms with E-state index in [1.165, 1.54) is 0 Å². The number of hydrogen-bond acceptors (Lipinski definition) is 4. The van der Waals surface area contributed by atoms with Gasteiger partial charge in [-0.15, -0.1) is 0 Å². The van der Waals surface area contributed by atoms with Crippen LogP contribution in [0.3, 0.4) is 0 Å². The van der Waals surface area contributed by atoms with Gasteiger partial charge in [0, 0.05) is 12.1 Å². The SMILES string of the molecule is Clc1ccccc1-c1noc(C2CCCNC2)n1. The summed E-state index contributed by atoms with van der Waals surface area (Å²) in [5, 5.41) is 8.01. The molecule has 94 valence electrons. The monoisotopic (exact) mass is 263 g/mol. The average molecular weight is 264 g/mol. The Kier molecular flexibility index (Phi) is 3.30. The van der Waals surface area contributed by atoms with Crippen LogP contribution >= 0.6 is 11.6 Å². The molecule has 0 radical (unpaired) electrons. The Labute approximate surface area is 110 Å². The van der Waals surface area contributed by atoms with E-state index < -0.39 is 0 Å². The first-order chi connectivity index (χ1) is 8.84. The predicted molar refractivity (Wildman–Crippen MR) is 69.6 cm³/mol. The van der Waals surface area contributed by atoms with Crippen molar-refractivity contribution < 1.29 is 4.52 Å². The summed E-state index contributed by atoms with van der Waals surface area (Å²) in [5.74, 6) is 1.60. The van der Waals surface area contributed by atoms with Crippen LogP contribution < -0.4 is 5.32 Å². The Balaban J connectivity index is 1.87. The lowest BCUT2D eigenvalue weighted by molar-refractivity contribution is 0.322. The molecule has 3 rings (SSSR count). The first kappa shape index (κ1) is 11.7. The highest BCUT2D eigenvalue weighted by molar-refractivity contribution is 6.33. The Hall–Kier alpha value is -1.39. The number of rotatable bonds is 2. The Morgan fingerprint density at radius 3 is 3.00 bits per heavy atom. The van der Waals surface area contributed by atoms with Gasteiger partial charge in [0.15, 0.2) is 0 Å². The number of nitrogens with one attached hydrogen (secondary N) is 1. The van der Waals surface area contributed by atoms with Crippen LogP contribution in [0, 0.1) is 0 Å². The lowest BCUT2D eigenvalue weighted by Crippen LogP contribution is -2.28. The number of hydrogen-bond donors (Lipinski definition) is 1. The highest BCUT2D eigenvalue weighted by atomic mass is 35.5. The van der Waals surface area contributed by atoms with Crippen molar-refractivity contribution >= 4 is 11.6 Å². The van der Waals surface area contributed by atoms with Crippen LogP contribution in [0.25, 0.3) is 11.4 Å². The normalized spacial score (nSPS) is 19.9. The molecule has 1 unspecified atom stereocenters. The average Bonchev–Trinajstić information content (AvgIpc) is 2.90. The molecular formula is C13H14ClN3O. The Morgan fingerprint density at radius 2 is 2.22 bits per heavy atom. The minimum absolute atomic E-state index is 0.322. The molecule has 5 heteroatoms. The Morgan fingerprint density at radius 1 is 1.33 bits per heavy atom. The molecular weight excluding hydrogens is 250 g/mol. The number of benzene rings is 1. The molecule has 1 aliphatic rings.